The van der Waals surface area contributed by atoms with Crippen molar-refractivity contribution in [3.8, 4) is 0 Å². The van der Waals surface area contributed by atoms with Crippen LogP contribution in [-0.4, -0.2) is 34.9 Å². The summed E-state index contributed by atoms with van der Waals surface area (Å²) >= 11 is 0. The Bertz CT molecular complexity index is 551. The lowest BCUT2D eigenvalue weighted by Crippen LogP contribution is -2.45. The van der Waals surface area contributed by atoms with Gasteiger partial charge in [-0.25, -0.2) is 0 Å². The molecule has 0 saturated carbocycles. The molecule has 0 radical (unpaired) electrons. The lowest BCUT2D eigenvalue weighted by molar-refractivity contribution is -0.123. The smallest absolute Gasteiger partial charge is 0.220 e. The van der Waals surface area contributed by atoms with E-state index in [0.717, 1.165) is 51.4 Å². The molecule has 4 nitrogen and oxygen atoms in total. The molecule has 0 aromatic rings. The second-order valence-electron chi connectivity index (χ2n) is 8.74. The highest BCUT2D eigenvalue weighted by atomic mass is 16.3. The van der Waals surface area contributed by atoms with Crippen molar-refractivity contribution in [2.75, 3.05) is 6.61 Å². The molecule has 0 rings (SSSR count). The molecule has 0 aromatic heterocycles. The molecule has 0 saturated heterocycles. The molecular formula is C29H51NO3. The monoisotopic (exact) mass is 461 g/mol. The number of hydrogen-bond donors (Lipinski definition) is 3. The van der Waals surface area contributed by atoms with Crippen LogP contribution >= 0.6 is 0 Å². The minimum atomic E-state index is -0.863. The van der Waals surface area contributed by atoms with Gasteiger partial charge in [-0.3, -0.25) is 4.79 Å². The maximum absolute atomic E-state index is 12.1. The molecule has 0 aliphatic carbocycles. The van der Waals surface area contributed by atoms with Crippen molar-refractivity contribution < 1.29 is 15.0 Å². The fourth-order valence-electron chi connectivity index (χ4n) is 3.39. The van der Waals surface area contributed by atoms with Crippen molar-refractivity contribution in [3.05, 3.63) is 48.6 Å². The summed E-state index contributed by atoms with van der Waals surface area (Å²) in [5, 5.41) is 22.5. The molecule has 4 heteroatoms. The number of carbonyl (C=O) groups is 1. The Hall–Kier alpha value is -1.65. The first-order chi connectivity index (χ1) is 16.2. The first kappa shape index (κ1) is 31.4. The number of aliphatic hydroxyl groups is 2. The van der Waals surface area contributed by atoms with Crippen LogP contribution < -0.4 is 5.32 Å². The Morgan fingerprint density at radius 2 is 1.33 bits per heavy atom. The van der Waals surface area contributed by atoms with E-state index < -0.39 is 12.1 Å². The van der Waals surface area contributed by atoms with E-state index in [0.29, 0.717) is 6.42 Å². The molecule has 0 fully saturated rings. The molecule has 2 atom stereocenters. The van der Waals surface area contributed by atoms with Gasteiger partial charge in [-0.1, -0.05) is 101 Å². The van der Waals surface area contributed by atoms with Crippen LogP contribution in [0.5, 0.6) is 0 Å². The normalized spacial score (nSPS) is 14.2. The van der Waals surface area contributed by atoms with E-state index in [-0.39, 0.29) is 12.5 Å². The Morgan fingerprint density at radius 3 is 2.06 bits per heavy atom. The van der Waals surface area contributed by atoms with Crippen LogP contribution in [0.4, 0.5) is 0 Å². The first-order valence-electron chi connectivity index (χ1n) is 13.4. The van der Waals surface area contributed by atoms with Crippen LogP contribution in [-0.2, 0) is 4.79 Å². The second-order valence-corrected chi connectivity index (χ2v) is 8.74. The number of aliphatic hydroxyl groups excluding tert-OH is 2. The van der Waals surface area contributed by atoms with Gasteiger partial charge in [0.2, 0.25) is 5.91 Å². The summed E-state index contributed by atoms with van der Waals surface area (Å²) in [5.74, 6) is -0.0978. The molecule has 1 amide bonds. The average molecular weight is 462 g/mol. The van der Waals surface area contributed by atoms with Gasteiger partial charge in [0.25, 0.3) is 0 Å². The second kappa shape index (κ2) is 25.0. The fraction of sp³-hybridized carbons (Fsp3) is 0.690. The van der Waals surface area contributed by atoms with Gasteiger partial charge in [-0.05, 0) is 51.4 Å². The summed E-state index contributed by atoms with van der Waals surface area (Å²) < 4.78 is 0. The highest BCUT2D eigenvalue weighted by Gasteiger charge is 2.17. The number of rotatable bonds is 22. The van der Waals surface area contributed by atoms with Crippen molar-refractivity contribution in [1.29, 1.82) is 0 Å². The van der Waals surface area contributed by atoms with Gasteiger partial charge in [0.1, 0.15) is 0 Å². The number of hydrogen-bond acceptors (Lipinski definition) is 3. The molecule has 0 aromatic carbocycles. The zero-order valence-electron chi connectivity index (χ0n) is 21.4. The number of carbonyl (C=O) groups excluding carboxylic acids is 1. The largest absolute Gasteiger partial charge is 0.394 e. The topological polar surface area (TPSA) is 69.6 Å². The van der Waals surface area contributed by atoms with Crippen molar-refractivity contribution >= 4 is 5.91 Å². The predicted octanol–water partition coefficient (Wildman–Crippen LogP) is 6.94. The van der Waals surface area contributed by atoms with Gasteiger partial charge < -0.3 is 15.5 Å². The molecule has 0 aliphatic heterocycles. The van der Waals surface area contributed by atoms with Crippen molar-refractivity contribution in [2.24, 2.45) is 0 Å². The Labute approximate surface area is 203 Å². The lowest BCUT2D eigenvalue weighted by atomic mass is 10.1. The summed E-state index contributed by atoms with van der Waals surface area (Å²) in [7, 11) is 0. The maximum Gasteiger partial charge on any atom is 0.220 e. The molecule has 0 aliphatic rings. The van der Waals surface area contributed by atoms with Crippen LogP contribution in [0.3, 0.4) is 0 Å². The van der Waals surface area contributed by atoms with Crippen LogP contribution in [0, 0.1) is 0 Å². The van der Waals surface area contributed by atoms with Gasteiger partial charge in [-0.15, -0.1) is 0 Å². The molecule has 3 N–H and O–H groups in total. The van der Waals surface area contributed by atoms with Crippen LogP contribution in [0.2, 0.25) is 0 Å². The minimum Gasteiger partial charge on any atom is -0.394 e. The van der Waals surface area contributed by atoms with Crippen molar-refractivity contribution in [2.45, 2.75) is 122 Å². The fourth-order valence-corrected chi connectivity index (χ4v) is 3.39. The van der Waals surface area contributed by atoms with Gasteiger partial charge in [0.15, 0.2) is 0 Å². The quantitative estimate of drug-likeness (QED) is 0.121. The van der Waals surface area contributed by atoms with Gasteiger partial charge in [0.05, 0.1) is 18.8 Å². The number of allylic oxidation sites excluding steroid dienone is 7. The summed E-state index contributed by atoms with van der Waals surface area (Å²) in [6, 6.07) is -0.641. The summed E-state index contributed by atoms with van der Waals surface area (Å²) in [5.41, 5.74) is 0. The third kappa shape index (κ3) is 21.9. The SMILES string of the molecule is CCC/C=C\C/C=C\CCCCCCCC(=O)NC(CO)C(O)/C=C/CC/C=C/CCCC. The molecule has 2 unspecified atom stereocenters. The van der Waals surface area contributed by atoms with Crippen LogP contribution in [0.1, 0.15) is 110 Å². The number of nitrogens with one attached hydrogen (secondary N) is 1. The highest BCUT2D eigenvalue weighted by molar-refractivity contribution is 5.76. The lowest BCUT2D eigenvalue weighted by Gasteiger charge is -2.19. The third-order valence-corrected chi connectivity index (χ3v) is 5.52. The van der Waals surface area contributed by atoms with Gasteiger partial charge in [-0.2, -0.15) is 0 Å². The average Bonchev–Trinajstić information content (AvgIpc) is 2.82. The van der Waals surface area contributed by atoms with E-state index in [2.05, 4.69) is 55.6 Å². The Morgan fingerprint density at radius 1 is 0.727 bits per heavy atom. The van der Waals surface area contributed by atoms with E-state index in [1.165, 1.54) is 38.5 Å². The highest BCUT2D eigenvalue weighted by Crippen LogP contribution is 2.09. The number of amides is 1. The molecule has 0 heterocycles. The van der Waals surface area contributed by atoms with Gasteiger partial charge in [0, 0.05) is 6.42 Å². The summed E-state index contributed by atoms with van der Waals surface area (Å²) in [6.45, 7) is 4.11. The minimum absolute atomic E-state index is 0.0978. The standard InChI is InChI=1S/C29H51NO3/c1-3-5-7-9-11-13-14-15-16-17-19-21-23-25-29(33)30-27(26-31)28(32)24-22-20-18-12-10-8-6-4-2/h7,9-10,12-14,22,24,27-28,31-32H,3-6,8,11,15-21,23,25-26H2,1-2H3,(H,30,33)/b9-7-,12-10+,14-13-,24-22+. The van der Waals surface area contributed by atoms with Crippen molar-refractivity contribution in [1.82, 2.24) is 5.32 Å². The van der Waals surface area contributed by atoms with E-state index >= 15 is 0 Å². The first-order valence-corrected chi connectivity index (χ1v) is 13.4. The molecule has 0 bridgehead atoms. The maximum atomic E-state index is 12.1. The van der Waals surface area contributed by atoms with Crippen LogP contribution in [0.15, 0.2) is 48.6 Å². The zero-order valence-corrected chi connectivity index (χ0v) is 21.4. The van der Waals surface area contributed by atoms with Crippen molar-refractivity contribution in [3.63, 3.8) is 0 Å². The summed E-state index contributed by atoms with van der Waals surface area (Å²) in [6.07, 6.45) is 31.8. The third-order valence-electron chi connectivity index (χ3n) is 5.52. The van der Waals surface area contributed by atoms with Crippen LogP contribution in [0.25, 0.3) is 0 Å². The summed E-state index contributed by atoms with van der Waals surface area (Å²) in [4.78, 5) is 12.1. The van der Waals surface area contributed by atoms with E-state index in [4.69, 9.17) is 0 Å². The molecular weight excluding hydrogens is 410 g/mol. The zero-order chi connectivity index (χ0) is 24.4. The van der Waals surface area contributed by atoms with Gasteiger partial charge >= 0.3 is 0 Å². The van der Waals surface area contributed by atoms with E-state index in [9.17, 15) is 15.0 Å². The van der Waals surface area contributed by atoms with E-state index in [1.807, 2.05) is 6.08 Å². The molecule has 33 heavy (non-hydrogen) atoms. The predicted molar refractivity (Wildman–Crippen MR) is 142 cm³/mol. The Kier molecular flexibility index (Phi) is 23.7. The number of unbranched alkanes of at least 4 members (excludes halogenated alkanes) is 9. The molecule has 190 valence electrons. The molecule has 0 spiro atoms. The van der Waals surface area contributed by atoms with E-state index in [1.54, 1.807) is 6.08 Å². The Balaban J connectivity index is 3.80.